The zero-order valence-corrected chi connectivity index (χ0v) is 9.03. The Balaban J connectivity index is 2.36. The molecule has 0 saturated heterocycles. The fraction of sp³-hybridized carbons (Fsp3) is 0.273. The molecule has 1 atom stereocenters. The number of esters is 1. The summed E-state index contributed by atoms with van der Waals surface area (Å²) in [6, 6.07) is 4.65. The summed E-state index contributed by atoms with van der Waals surface area (Å²) in [6.07, 6.45) is 0. The highest BCUT2D eigenvalue weighted by Crippen LogP contribution is 2.27. The van der Waals surface area contributed by atoms with Crippen molar-refractivity contribution in [1.82, 2.24) is 0 Å². The lowest BCUT2D eigenvalue weighted by Crippen LogP contribution is -2.36. The number of anilines is 2. The van der Waals surface area contributed by atoms with Crippen molar-refractivity contribution in [2.75, 3.05) is 17.7 Å². The molecule has 1 aliphatic heterocycles. The Hall–Kier alpha value is -2.04. The molecule has 0 aromatic heterocycles. The van der Waals surface area contributed by atoms with E-state index in [1.165, 1.54) is 7.11 Å². The lowest BCUT2D eigenvalue weighted by atomic mass is 10.1. The molecule has 0 spiro atoms. The van der Waals surface area contributed by atoms with Crippen molar-refractivity contribution in [3.05, 3.63) is 23.8 Å². The number of carbonyl (C=O) groups is 2. The molecule has 0 unspecified atom stereocenters. The third-order valence-corrected chi connectivity index (χ3v) is 2.46. The maximum Gasteiger partial charge on any atom is 0.337 e. The second kappa shape index (κ2) is 3.84. The Morgan fingerprint density at radius 1 is 1.38 bits per heavy atom. The highest BCUT2D eigenvalue weighted by Gasteiger charge is 2.22. The summed E-state index contributed by atoms with van der Waals surface area (Å²) in [6.45, 7) is 1.75. The van der Waals surface area contributed by atoms with E-state index in [9.17, 15) is 9.59 Å². The van der Waals surface area contributed by atoms with Gasteiger partial charge in [-0.1, -0.05) is 0 Å². The number of carbonyl (C=O) groups excluding carboxylic acids is 2. The number of ether oxygens (including phenoxy) is 1. The Labute approximate surface area is 92.8 Å². The number of rotatable bonds is 1. The summed E-state index contributed by atoms with van der Waals surface area (Å²) in [7, 11) is 1.33. The fourth-order valence-electron chi connectivity index (χ4n) is 1.56. The third kappa shape index (κ3) is 1.71. The van der Waals surface area contributed by atoms with Gasteiger partial charge in [0.05, 0.1) is 24.0 Å². The van der Waals surface area contributed by atoms with Gasteiger partial charge in [-0.05, 0) is 25.1 Å². The summed E-state index contributed by atoms with van der Waals surface area (Å²) in [5, 5.41) is 5.75. The Morgan fingerprint density at radius 3 is 2.81 bits per heavy atom. The van der Waals surface area contributed by atoms with Crippen LogP contribution in [0.4, 0.5) is 11.4 Å². The summed E-state index contributed by atoms with van der Waals surface area (Å²) in [5.74, 6) is -0.479. The predicted octanol–water partition coefficient (Wildman–Crippen LogP) is 1.23. The summed E-state index contributed by atoms with van der Waals surface area (Å²) < 4.78 is 4.62. The van der Waals surface area contributed by atoms with E-state index in [0.717, 1.165) is 5.69 Å². The number of methoxy groups -OCH3 is 1. The fourth-order valence-corrected chi connectivity index (χ4v) is 1.56. The number of hydrogen-bond donors (Lipinski definition) is 2. The molecule has 2 N–H and O–H groups in total. The minimum absolute atomic E-state index is 0.0849. The number of benzene rings is 1. The molecule has 1 aromatic rings. The smallest absolute Gasteiger partial charge is 0.337 e. The zero-order valence-electron chi connectivity index (χ0n) is 9.03. The van der Waals surface area contributed by atoms with E-state index in [4.69, 9.17) is 0 Å². The maximum atomic E-state index is 11.4. The first-order chi connectivity index (χ1) is 7.61. The van der Waals surface area contributed by atoms with Crippen LogP contribution in [0.3, 0.4) is 0 Å². The SMILES string of the molecule is COC(=O)c1ccc2c(c1)N[C@@H](C)C(=O)N2. The molecular weight excluding hydrogens is 208 g/mol. The minimum atomic E-state index is -0.394. The molecule has 16 heavy (non-hydrogen) atoms. The van der Waals surface area contributed by atoms with Crippen molar-refractivity contribution in [1.29, 1.82) is 0 Å². The number of hydrogen-bond acceptors (Lipinski definition) is 4. The van der Waals surface area contributed by atoms with Gasteiger partial charge in [-0.15, -0.1) is 0 Å². The molecule has 0 saturated carbocycles. The average molecular weight is 220 g/mol. The van der Waals surface area contributed by atoms with Crippen LogP contribution < -0.4 is 10.6 Å². The van der Waals surface area contributed by atoms with E-state index < -0.39 is 5.97 Å². The molecule has 1 aromatic carbocycles. The largest absolute Gasteiger partial charge is 0.465 e. The van der Waals surface area contributed by atoms with Gasteiger partial charge in [0.15, 0.2) is 0 Å². The van der Waals surface area contributed by atoms with Crippen LogP contribution in [0.1, 0.15) is 17.3 Å². The van der Waals surface area contributed by atoms with Crippen LogP contribution in [0.25, 0.3) is 0 Å². The summed E-state index contributed by atoms with van der Waals surface area (Å²) >= 11 is 0. The summed E-state index contributed by atoms with van der Waals surface area (Å²) in [4.78, 5) is 22.7. The first-order valence-corrected chi connectivity index (χ1v) is 4.91. The van der Waals surface area contributed by atoms with Crippen molar-refractivity contribution in [3.63, 3.8) is 0 Å². The van der Waals surface area contributed by atoms with E-state index >= 15 is 0 Å². The van der Waals surface area contributed by atoms with Crippen LogP contribution in [-0.2, 0) is 9.53 Å². The molecule has 2 rings (SSSR count). The van der Waals surface area contributed by atoms with Gasteiger partial charge in [0.1, 0.15) is 6.04 Å². The van der Waals surface area contributed by atoms with E-state index in [0.29, 0.717) is 11.3 Å². The normalized spacial score (nSPS) is 18.1. The van der Waals surface area contributed by atoms with Crippen molar-refractivity contribution < 1.29 is 14.3 Å². The monoisotopic (exact) mass is 220 g/mol. The average Bonchev–Trinajstić information content (AvgIpc) is 2.29. The predicted molar refractivity (Wildman–Crippen MR) is 59.5 cm³/mol. The van der Waals surface area contributed by atoms with Crippen LogP contribution in [0.2, 0.25) is 0 Å². The highest BCUT2D eigenvalue weighted by atomic mass is 16.5. The van der Waals surface area contributed by atoms with Crippen LogP contribution in [0, 0.1) is 0 Å². The maximum absolute atomic E-state index is 11.4. The summed E-state index contributed by atoms with van der Waals surface area (Å²) in [5.41, 5.74) is 1.86. The molecule has 0 bridgehead atoms. The Morgan fingerprint density at radius 2 is 2.12 bits per heavy atom. The van der Waals surface area contributed by atoms with Gasteiger partial charge >= 0.3 is 5.97 Å². The van der Waals surface area contributed by atoms with Crippen LogP contribution in [-0.4, -0.2) is 25.0 Å². The van der Waals surface area contributed by atoms with E-state index in [1.807, 2.05) is 0 Å². The van der Waals surface area contributed by atoms with Crippen LogP contribution in [0.15, 0.2) is 18.2 Å². The van der Waals surface area contributed by atoms with Gasteiger partial charge in [-0.25, -0.2) is 4.79 Å². The Bertz CT molecular complexity index is 457. The van der Waals surface area contributed by atoms with E-state index in [1.54, 1.807) is 25.1 Å². The second-order valence-electron chi connectivity index (χ2n) is 3.61. The van der Waals surface area contributed by atoms with E-state index in [-0.39, 0.29) is 11.9 Å². The molecule has 1 aliphatic rings. The Kier molecular flexibility index (Phi) is 2.52. The standard InChI is InChI=1S/C11H12N2O3/c1-6-10(14)13-8-4-3-7(11(15)16-2)5-9(8)12-6/h3-6,12H,1-2H3,(H,13,14)/t6-/m0/s1. The second-order valence-corrected chi connectivity index (χ2v) is 3.61. The van der Waals surface area contributed by atoms with Gasteiger partial charge in [-0.3, -0.25) is 4.79 Å². The van der Waals surface area contributed by atoms with Crippen molar-refractivity contribution in [2.24, 2.45) is 0 Å². The van der Waals surface area contributed by atoms with Crippen molar-refractivity contribution in [3.8, 4) is 0 Å². The number of nitrogens with one attached hydrogen (secondary N) is 2. The van der Waals surface area contributed by atoms with Gasteiger partial charge in [-0.2, -0.15) is 0 Å². The first kappa shape index (κ1) is 10.5. The van der Waals surface area contributed by atoms with Crippen molar-refractivity contribution >= 4 is 23.3 Å². The van der Waals surface area contributed by atoms with Crippen LogP contribution >= 0.6 is 0 Å². The van der Waals surface area contributed by atoms with Gasteiger partial charge < -0.3 is 15.4 Å². The molecule has 5 heteroatoms. The topological polar surface area (TPSA) is 67.4 Å². The molecule has 84 valence electrons. The van der Waals surface area contributed by atoms with Gasteiger partial charge in [0, 0.05) is 0 Å². The lowest BCUT2D eigenvalue weighted by molar-refractivity contribution is -0.116. The molecular formula is C11H12N2O3. The molecule has 1 amide bonds. The quantitative estimate of drug-likeness (QED) is 0.698. The van der Waals surface area contributed by atoms with Gasteiger partial charge in [0.2, 0.25) is 5.91 Å². The molecule has 0 radical (unpaired) electrons. The molecule has 5 nitrogen and oxygen atoms in total. The highest BCUT2D eigenvalue weighted by molar-refractivity contribution is 6.04. The number of amides is 1. The lowest BCUT2D eigenvalue weighted by Gasteiger charge is -2.24. The molecule has 0 fully saturated rings. The van der Waals surface area contributed by atoms with Crippen LogP contribution in [0.5, 0.6) is 0 Å². The minimum Gasteiger partial charge on any atom is -0.465 e. The third-order valence-electron chi connectivity index (χ3n) is 2.46. The van der Waals surface area contributed by atoms with Crippen molar-refractivity contribution in [2.45, 2.75) is 13.0 Å². The molecule has 1 heterocycles. The van der Waals surface area contributed by atoms with E-state index in [2.05, 4.69) is 15.4 Å². The molecule has 0 aliphatic carbocycles. The zero-order chi connectivity index (χ0) is 11.7. The van der Waals surface area contributed by atoms with Gasteiger partial charge in [0.25, 0.3) is 0 Å². The number of fused-ring (bicyclic) bond motifs is 1. The first-order valence-electron chi connectivity index (χ1n) is 4.91.